The van der Waals surface area contributed by atoms with Gasteiger partial charge in [0.2, 0.25) is 0 Å². The topological polar surface area (TPSA) is 15.3 Å². The van der Waals surface area contributed by atoms with Gasteiger partial charge in [0.15, 0.2) is 0 Å². The number of nitrogens with one attached hydrogen (secondary N) is 1. The minimum atomic E-state index is 0.800. The molecule has 2 nitrogen and oxygen atoms in total. The van der Waals surface area contributed by atoms with Gasteiger partial charge in [0, 0.05) is 24.8 Å². The molecule has 0 amide bonds. The molecule has 0 atom stereocenters. The summed E-state index contributed by atoms with van der Waals surface area (Å²) in [4.78, 5) is 2.48. The van der Waals surface area contributed by atoms with Crippen LogP contribution in [0.15, 0.2) is 24.3 Å². The maximum Gasteiger partial charge on any atom is 0.0368 e. The van der Waals surface area contributed by atoms with Crippen LogP contribution in [-0.4, -0.2) is 25.7 Å². The van der Waals surface area contributed by atoms with Gasteiger partial charge in [-0.2, -0.15) is 0 Å². The molecule has 0 spiro atoms. The zero-order chi connectivity index (χ0) is 13.5. The van der Waals surface area contributed by atoms with E-state index in [2.05, 4.69) is 48.3 Å². The first-order chi connectivity index (χ1) is 9.29. The molecule has 106 valence electrons. The van der Waals surface area contributed by atoms with Gasteiger partial charge in [0.05, 0.1) is 0 Å². The van der Waals surface area contributed by atoms with Crippen LogP contribution < -0.4 is 10.2 Å². The third kappa shape index (κ3) is 4.54. The summed E-state index contributed by atoms with van der Waals surface area (Å²) in [5.74, 6) is 0. The van der Waals surface area contributed by atoms with Crippen LogP contribution in [0.4, 0.5) is 5.69 Å². The van der Waals surface area contributed by atoms with Crippen molar-refractivity contribution in [3.8, 4) is 0 Å². The van der Waals surface area contributed by atoms with Crippen LogP contribution in [0.2, 0.25) is 0 Å². The van der Waals surface area contributed by atoms with Crippen LogP contribution in [0.5, 0.6) is 0 Å². The van der Waals surface area contributed by atoms with Gasteiger partial charge in [-0.15, -0.1) is 0 Å². The molecule has 1 aromatic rings. The average Bonchev–Trinajstić information content (AvgIpc) is 2.92. The van der Waals surface area contributed by atoms with Crippen LogP contribution in [0.1, 0.15) is 44.6 Å². The molecule has 19 heavy (non-hydrogen) atoms. The lowest BCUT2D eigenvalue weighted by Crippen LogP contribution is -2.31. The van der Waals surface area contributed by atoms with Crippen molar-refractivity contribution in [1.82, 2.24) is 5.32 Å². The molecule has 1 N–H and O–H groups in total. The molecule has 0 aliphatic heterocycles. The molecule has 0 saturated heterocycles. The van der Waals surface area contributed by atoms with Crippen molar-refractivity contribution in [2.24, 2.45) is 0 Å². The largest absolute Gasteiger partial charge is 0.372 e. The summed E-state index contributed by atoms with van der Waals surface area (Å²) in [6, 6.07) is 9.63. The van der Waals surface area contributed by atoms with Gasteiger partial charge >= 0.3 is 0 Å². The molecule has 2 rings (SSSR count). The quantitative estimate of drug-likeness (QED) is 0.751. The Morgan fingerprint density at radius 1 is 1.26 bits per heavy atom. The van der Waals surface area contributed by atoms with Crippen LogP contribution in [0.3, 0.4) is 0 Å². The summed E-state index contributed by atoms with van der Waals surface area (Å²) in [5.41, 5.74) is 2.71. The second-order valence-corrected chi connectivity index (χ2v) is 5.71. The molecule has 1 aliphatic carbocycles. The third-order valence-corrected chi connectivity index (χ3v) is 4.14. The Morgan fingerprint density at radius 2 is 2.05 bits per heavy atom. The molecular weight excluding hydrogens is 232 g/mol. The summed E-state index contributed by atoms with van der Waals surface area (Å²) in [5, 5.41) is 3.70. The lowest BCUT2D eigenvalue weighted by Gasteiger charge is -2.24. The number of anilines is 1. The van der Waals surface area contributed by atoms with Gasteiger partial charge in [-0.25, -0.2) is 0 Å². The minimum Gasteiger partial charge on any atom is -0.372 e. The Kier molecular flexibility index (Phi) is 5.71. The summed E-state index contributed by atoms with van der Waals surface area (Å²) in [6.07, 6.45) is 6.84. The molecule has 0 heterocycles. The Bertz CT molecular complexity index is 369. The zero-order valence-corrected chi connectivity index (χ0v) is 12.5. The highest BCUT2D eigenvalue weighted by Gasteiger charge is 2.13. The molecule has 2 heteroatoms. The van der Waals surface area contributed by atoms with E-state index in [0.717, 1.165) is 25.7 Å². The molecule has 0 aromatic heterocycles. The van der Waals surface area contributed by atoms with Gasteiger partial charge in [-0.1, -0.05) is 25.0 Å². The number of aryl methyl sites for hydroxylation is 1. The molecule has 0 bridgehead atoms. The second-order valence-electron chi connectivity index (χ2n) is 5.71. The molecular formula is C17H28N2. The Balaban J connectivity index is 1.73. The fourth-order valence-electron chi connectivity index (χ4n) is 3.00. The van der Waals surface area contributed by atoms with Crippen LogP contribution >= 0.6 is 0 Å². The van der Waals surface area contributed by atoms with Crippen molar-refractivity contribution < 1.29 is 0 Å². The van der Waals surface area contributed by atoms with Gasteiger partial charge < -0.3 is 10.2 Å². The van der Waals surface area contributed by atoms with E-state index < -0.39 is 0 Å². The van der Waals surface area contributed by atoms with Crippen LogP contribution in [0.25, 0.3) is 0 Å². The van der Waals surface area contributed by atoms with Crippen molar-refractivity contribution in [3.63, 3.8) is 0 Å². The first kappa shape index (κ1) is 14.4. The summed E-state index contributed by atoms with van der Waals surface area (Å²) in [7, 11) is 0. The van der Waals surface area contributed by atoms with E-state index in [0.29, 0.717) is 0 Å². The highest BCUT2D eigenvalue weighted by Crippen LogP contribution is 2.18. The number of nitrogens with zero attached hydrogens (tertiary/aromatic N) is 1. The van der Waals surface area contributed by atoms with Crippen LogP contribution in [0, 0.1) is 6.92 Å². The minimum absolute atomic E-state index is 0.800. The molecule has 0 radical (unpaired) electrons. The number of rotatable bonds is 7. The van der Waals surface area contributed by atoms with E-state index in [1.807, 2.05) is 0 Å². The second kappa shape index (κ2) is 7.54. The van der Waals surface area contributed by atoms with Crippen molar-refractivity contribution in [2.75, 3.05) is 24.5 Å². The fraction of sp³-hybridized carbons (Fsp3) is 0.647. The predicted octanol–water partition coefficient (Wildman–Crippen LogP) is 3.74. The van der Waals surface area contributed by atoms with Crippen molar-refractivity contribution in [3.05, 3.63) is 29.8 Å². The molecule has 0 unspecified atom stereocenters. The SMILES string of the molecule is CCN(CCCNC1CCCC1)c1cccc(C)c1. The Hall–Kier alpha value is -1.02. The van der Waals surface area contributed by atoms with E-state index in [4.69, 9.17) is 0 Å². The number of benzene rings is 1. The average molecular weight is 260 g/mol. The number of hydrogen-bond acceptors (Lipinski definition) is 2. The first-order valence-electron chi connectivity index (χ1n) is 7.84. The Labute approximate surface area is 118 Å². The first-order valence-corrected chi connectivity index (χ1v) is 7.84. The van der Waals surface area contributed by atoms with Gasteiger partial charge in [-0.05, 0) is 57.4 Å². The van der Waals surface area contributed by atoms with Gasteiger partial charge in [-0.3, -0.25) is 0 Å². The fourth-order valence-corrected chi connectivity index (χ4v) is 3.00. The lowest BCUT2D eigenvalue weighted by molar-refractivity contribution is 0.514. The van der Waals surface area contributed by atoms with Crippen molar-refractivity contribution in [2.45, 2.75) is 52.0 Å². The highest BCUT2D eigenvalue weighted by molar-refractivity contribution is 5.48. The third-order valence-electron chi connectivity index (χ3n) is 4.14. The van der Waals surface area contributed by atoms with E-state index >= 15 is 0 Å². The van der Waals surface area contributed by atoms with E-state index in [9.17, 15) is 0 Å². The van der Waals surface area contributed by atoms with Crippen molar-refractivity contribution in [1.29, 1.82) is 0 Å². The smallest absolute Gasteiger partial charge is 0.0368 e. The Morgan fingerprint density at radius 3 is 2.74 bits per heavy atom. The summed E-state index contributed by atoms with van der Waals surface area (Å²) < 4.78 is 0. The van der Waals surface area contributed by atoms with E-state index in [-0.39, 0.29) is 0 Å². The zero-order valence-electron chi connectivity index (χ0n) is 12.5. The molecule has 1 fully saturated rings. The van der Waals surface area contributed by atoms with Crippen LogP contribution in [-0.2, 0) is 0 Å². The predicted molar refractivity (Wildman–Crippen MR) is 83.9 cm³/mol. The van der Waals surface area contributed by atoms with Gasteiger partial charge in [0.1, 0.15) is 0 Å². The maximum absolute atomic E-state index is 3.70. The van der Waals surface area contributed by atoms with Gasteiger partial charge in [0.25, 0.3) is 0 Å². The highest BCUT2D eigenvalue weighted by atomic mass is 15.1. The maximum atomic E-state index is 3.70. The standard InChI is InChI=1S/C17H28N2/c1-3-19(17-11-6-8-15(2)14-17)13-7-12-18-16-9-4-5-10-16/h6,8,11,14,16,18H,3-5,7,9-10,12-13H2,1-2H3. The monoisotopic (exact) mass is 260 g/mol. The molecule has 1 aliphatic rings. The van der Waals surface area contributed by atoms with E-state index in [1.54, 1.807) is 0 Å². The van der Waals surface area contributed by atoms with E-state index in [1.165, 1.54) is 43.4 Å². The summed E-state index contributed by atoms with van der Waals surface area (Å²) >= 11 is 0. The normalized spacial score (nSPS) is 15.9. The van der Waals surface area contributed by atoms with Crippen molar-refractivity contribution >= 4 is 5.69 Å². The molecule has 1 aromatic carbocycles. The summed E-state index contributed by atoms with van der Waals surface area (Å²) in [6.45, 7) is 7.81. The number of hydrogen-bond donors (Lipinski definition) is 1. The lowest BCUT2D eigenvalue weighted by atomic mass is 10.2. The molecule has 1 saturated carbocycles.